The van der Waals surface area contributed by atoms with E-state index in [2.05, 4.69) is 25.5 Å². The summed E-state index contributed by atoms with van der Waals surface area (Å²) >= 11 is 0. The number of rotatable bonds is 4. The van der Waals surface area contributed by atoms with Crippen molar-refractivity contribution in [2.24, 2.45) is 0 Å². The lowest BCUT2D eigenvalue weighted by Crippen LogP contribution is -2.45. The molecule has 1 spiro atoms. The van der Waals surface area contributed by atoms with E-state index in [-0.39, 0.29) is 5.91 Å². The predicted octanol–water partition coefficient (Wildman–Crippen LogP) is 2.52. The Balaban J connectivity index is 1.43. The van der Waals surface area contributed by atoms with Crippen LogP contribution in [0.1, 0.15) is 19.8 Å². The Morgan fingerprint density at radius 2 is 1.85 bits per heavy atom. The molecule has 2 aliphatic heterocycles. The summed E-state index contributed by atoms with van der Waals surface area (Å²) in [5.74, 6) is 1.08. The van der Waals surface area contributed by atoms with E-state index in [0.717, 1.165) is 43.1 Å². The maximum atomic E-state index is 11.2. The van der Waals surface area contributed by atoms with E-state index >= 15 is 0 Å². The molecule has 0 aliphatic carbocycles. The van der Waals surface area contributed by atoms with Crippen molar-refractivity contribution < 1.29 is 14.3 Å². The van der Waals surface area contributed by atoms with Crippen LogP contribution in [-0.2, 0) is 14.3 Å². The number of amides is 1. The van der Waals surface area contributed by atoms with Gasteiger partial charge in [0.05, 0.1) is 13.2 Å². The summed E-state index contributed by atoms with van der Waals surface area (Å²) in [4.78, 5) is 22.2. The molecular weight excluding hydrogens is 346 g/mol. The maximum absolute atomic E-state index is 11.2. The molecule has 8 heteroatoms. The number of anilines is 4. The Bertz CT molecular complexity index is 812. The van der Waals surface area contributed by atoms with Gasteiger partial charge in [-0.25, -0.2) is 9.97 Å². The van der Waals surface area contributed by atoms with Gasteiger partial charge in [0, 0.05) is 50.3 Å². The van der Waals surface area contributed by atoms with E-state index in [1.54, 1.807) is 6.33 Å². The molecule has 1 amide bonds. The van der Waals surface area contributed by atoms with E-state index in [9.17, 15) is 4.79 Å². The third-order valence-corrected chi connectivity index (χ3v) is 4.77. The summed E-state index contributed by atoms with van der Waals surface area (Å²) < 4.78 is 11.6. The minimum Gasteiger partial charge on any atom is -0.356 e. The highest BCUT2D eigenvalue weighted by Crippen LogP contribution is 2.33. The molecule has 27 heavy (non-hydrogen) atoms. The zero-order valence-electron chi connectivity index (χ0n) is 15.3. The van der Waals surface area contributed by atoms with Gasteiger partial charge in [-0.3, -0.25) is 4.79 Å². The monoisotopic (exact) mass is 369 g/mol. The third kappa shape index (κ3) is 4.17. The molecule has 8 nitrogen and oxygen atoms in total. The number of carbonyl (C=O) groups is 1. The van der Waals surface area contributed by atoms with Crippen molar-refractivity contribution in [3.63, 3.8) is 0 Å². The van der Waals surface area contributed by atoms with E-state index in [0.29, 0.717) is 19.0 Å². The number of carbonyl (C=O) groups excluding carboxylic acids is 1. The van der Waals surface area contributed by atoms with Crippen molar-refractivity contribution in [3.8, 4) is 0 Å². The van der Waals surface area contributed by atoms with Crippen LogP contribution in [0.25, 0.3) is 0 Å². The average Bonchev–Trinajstić information content (AvgIpc) is 3.10. The minimum atomic E-state index is -0.394. The molecule has 0 bridgehead atoms. The molecule has 2 N–H and O–H groups in total. The lowest BCUT2D eigenvalue weighted by molar-refractivity contribution is -0.169. The van der Waals surface area contributed by atoms with Crippen LogP contribution >= 0.6 is 0 Å². The topological polar surface area (TPSA) is 88.6 Å². The fourth-order valence-corrected chi connectivity index (χ4v) is 3.48. The first kappa shape index (κ1) is 17.7. The zero-order chi connectivity index (χ0) is 18.7. The number of benzene rings is 1. The number of nitrogens with zero attached hydrogens (tertiary/aromatic N) is 3. The molecule has 4 rings (SSSR count). The zero-order valence-corrected chi connectivity index (χ0v) is 15.3. The molecule has 2 saturated heterocycles. The van der Waals surface area contributed by atoms with Crippen LogP contribution in [0.5, 0.6) is 0 Å². The number of hydrogen-bond acceptors (Lipinski definition) is 7. The van der Waals surface area contributed by atoms with Crippen LogP contribution in [-0.4, -0.2) is 48.0 Å². The van der Waals surface area contributed by atoms with Gasteiger partial charge in [-0.1, -0.05) is 6.07 Å². The number of ether oxygens (including phenoxy) is 2. The Morgan fingerprint density at radius 1 is 1.11 bits per heavy atom. The van der Waals surface area contributed by atoms with E-state index < -0.39 is 5.79 Å². The first-order chi connectivity index (χ1) is 13.1. The fourth-order valence-electron chi connectivity index (χ4n) is 3.48. The summed E-state index contributed by atoms with van der Waals surface area (Å²) in [7, 11) is 0. The largest absolute Gasteiger partial charge is 0.356 e. The highest BCUT2D eigenvalue weighted by Gasteiger charge is 2.40. The second-order valence-corrected chi connectivity index (χ2v) is 6.74. The van der Waals surface area contributed by atoms with Gasteiger partial charge >= 0.3 is 0 Å². The number of hydrogen-bond donors (Lipinski definition) is 2. The van der Waals surface area contributed by atoms with Gasteiger partial charge in [-0.2, -0.15) is 0 Å². The SMILES string of the molecule is CC(=O)Nc1cccc(Nc2cc(N3CCC4(CC3)OCCO4)ncn2)c1. The van der Waals surface area contributed by atoms with Gasteiger partial charge in [0.15, 0.2) is 5.79 Å². The summed E-state index contributed by atoms with van der Waals surface area (Å²) in [6.45, 7) is 4.50. The maximum Gasteiger partial charge on any atom is 0.221 e. The van der Waals surface area contributed by atoms with Crippen LogP contribution < -0.4 is 15.5 Å². The van der Waals surface area contributed by atoms with Crippen LogP contribution in [0.4, 0.5) is 23.0 Å². The van der Waals surface area contributed by atoms with Crippen molar-refractivity contribution in [2.75, 3.05) is 41.8 Å². The molecule has 142 valence electrons. The highest BCUT2D eigenvalue weighted by atomic mass is 16.7. The van der Waals surface area contributed by atoms with Gasteiger partial charge < -0.3 is 25.0 Å². The summed E-state index contributed by atoms with van der Waals surface area (Å²) in [5.41, 5.74) is 1.58. The number of nitrogens with one attached hydrogen (secondary N) is 2. The second kappa shape index (κ2) is 7.50. The van der Waals surface area contributed by atoms with Crippen LogP contribution in [0, 0.1) is 0 Å². The molecule has 2 aromatic rings. The van der Waals surface area contributed by atoms with Gasteiger partial charge in [0.2, 0.25) is 5.91 Å². The number of piperidine rings is 1. The lowest BCUT2D eigenvalue weighted by atomic mass is 10.0. The summed E-state index contributed by atoms with van der Waals surface area (Å²) in [5, 5.41) is 6.04. The second-order valence-electron chi connectivity index (χ2n) is 6.74. The van der Waals surface area contributed by atoms with E-state index in [4.69, 9.17) is 9.47 Å². The van der Waals surface area contributed by atoms with Crippen LogP contribution in [0.2, 0.25) is 0 Å². The van der Waals surface area contributed by atoms with Crippen molar-refractivity contribution in [1.29, 1.82) is 0 Å². The summed E-state index contributed by atoms with van der Waals surface area (Å²) in [6, 6.07) is 9.44. The Hall–Kier alpha value is -2.71. The first-order valence-corrected chi connectivity index (χ1v) is 9.12. The van der Waals surface area contributed by atoms with Crippen molar-refractivity contribution >= 4 is 28.9 Å². The molecule has 2 aliphatic rings. The molecule has 0 unspecified atom stereocenters. The van der Waals surface area contributed by atoms with Crippen molar-refractivity contribution in [1.82, 2.24) is 9.97 Å². The highest BCUT2D eigenvalue weighted by molar-refractivity contribution is 5.89. The van der Waals surface area contributed by atoms with Gasteiger partial charge in [0.1, 0.15) is 18.0 Å². The smallest absolute Gasteiger partial charge is 0.221 e. The minimum absolute atomic E-state index is 0.102. The molecule has 3 heterocycles. The molecule has 0 saturated carbocycles. The predicted molar refractivity (Wildman–Crippen MR) is 102 cm³/mol. The molecule has 1 aromatic carbocycles. The van der Waals surface area contributed by atoms with Gasteiger partial charge in [-0.05, 0) is 18.2 Å². The van der Waals surface area contributed by atoms with E-state index in [1.807, 2.05) is 30.3 Å². The molecular formula is C19H23N5O3. The normalized spacial score (nSPS) is 18.5. The standard InChI is InChI=1S/C19H23N5O3/c1-14(25)22-15-3-2-4-16(11-15)23-17-12-18(21-13-20-17)24-7-5-19(6-8-24)26-9-10-27-19/h2-4,11-13H,5-10H2,1H3,(H,22,25)(H,20,21,23). The molecule has 1 aromatic heterocycles. The van der Waals surface area contributed by atoms with Gasteiger partial charge in [-0.15, -0.1) is 0 Å². The first-order valence-electron chi connectivity index (χ1n) is 9.12. The lowest BCUT2D eigenvalue weighted by Gasteiger charge is -2.38. The molecule has 0 radical (unpaired) electrons. The Labute approximate surface area is 157 Å². The Kier molecular flexibility index (Phi) is 4.91. The summed E-state index contributed by atoms with van der Waals surface area (Å²) in [6.07, 6.45) is 3.22. The Morgan fingerprint density at radius 3 is 2.59 bits per heavy atom. The average molecular weight is 369 g/mol. The van der Waals surface area contributed by atoms with Crippen LogP contribution in [0.15, 0.2) is 36.7 Å². The third-order valence-electron chi connectivity index (χ3n) is 4.77. The van der Waals surface area contributed by atoms with Crippen molar-refractivity contribution in [2.45, 2.75) is 25.6 Å². The van der Waals surface area contributed by atoms with Crippen LogP contribution in [0.3, 0.4) is 0 Å². The molecule has 0 atom stereocenters. The van der Waals surface area contributed by atoms with Crippen molar-refractivity contribution in [3.05, 3.63) is 36.7 Å². The van der Waals surface area contributed by atoms with E-state index in [1.165, 1.54) is 6.92 Å². The fraction of sp³-hybridized carbons (Fsp3) is 0.421. The number of aromatic nitrogens is 2. The van der Waals surface area contributed by atoms with Gasteiger partial charge in [0.25, 0.3) is 0 Å². The molecule has 2 fully saturated rings. The quantitative estimate of drug-likeness (QED) is 0.856.